The molecule has 5 heteroatoms. The Hall–Kier alpha value is -3.78. The molecule has 0 aliphatic carbocycles. The summed E-state index contributed by atoms with van der Waals surface area (Å²) in [7, 11) is 0. The van der Waals surface area contributed by atoms with Crippen LogP contribution in [0.1, 0.15) is 17.5 Å². The number of nitrogens with one attached hydrogen (secondary N) is 1. The number of hydrogen-bond donors (Lipinski definition) is 1. The van der Waals surface area contributed by atoms with E-state index >= 15 is 0 Å². The van der Waals surface area contributed by atoms with Crippen LogP contribution < -0.4 is 10.1 Å². The van der Waals surface area contributed by atoms with Gasteiger partial charge in [0.15, 0.2) is 6.19 Å². The van der Waals surface area contributed by atoms with Crippen molar-refractivity contribution >= 4 is 11.6 Å². The average Bonchev–Trinajstić information content (AvgIpc) is 3.23. The fourth-order valence-corrected chi connectivity index (χ4v) is 4.50. The molecular formula is C26H23N3O2. The van der Waals surface area contributed by atoms with Gasteiger partial charge in [-0.1, -0.05) is 54.6 Å². The average molecular weight is 409 g/mol. The van der Waals surface area contributed by atoms with Crippen molar-refractivity contribution in [2.75, 3.05) is 18.4 Å². The monoisotopic (exact) mass is 409 g/mol. The van der Waals surface area contributed by atoms with Crippen molar-refractivity contribution in [3.8, 4) is 23.1 Å². The van der Waals surface area contributed by atoms with Crippen molar-refractivity contribution in [2.24, 2.45) is 5.41 Å². The number of nitrogens with zero attached hydrogens (tertiary/aromatic N) is 2. The molecule has 1 N–H and O–H groups in total. The van der Waals surface area contributed by atoms with Crippen LogP contribution in [-0.2, 0) is 17.8 Å². The Morgan fingerprint density at radius 3 is 2.55 bits per heavy atom. The number of ether oxygens (including phenoxy) is 1. The highest BCUT2D eigenvalue weighted by Crippen LogP contribution is 2.41. The Morgan fingerprint density at radius 2 is 1.81 bits per heavy atom. The van der Waals surface area contributed by atoms with Gasteiger partial charge in [0.05, 0.1) is 5.41 Å². The van der Waals surface area contributed by atoms with Crippen molar-refractivity contribution < 1.29 is 9.53 Å². The second-order valence-electron chi connectivity index (χ2n) is 8.35. The molecule has 1 amide bonds. The van der Waals surface area contributed by atoms with E-state index in [9.17, 15) is 10.1 Å². The smallest absolute Gasteiger partial charge is 0.232 e. The normalized spacial score (nSPS) is 19.6. The minimum atomic E-state index is -0.484. The first-order chi connectivity index (χ1) is 15.1. The fourth-order valence-electron chi connectivity index (χ4n) is 4.50. The van der Waals surface area contributed by atoms with Gasteiger partial charge in [-0.3, -0.25) is 4.79 Å². The van der Waals surface area contributed by atoms with E-state index in [0.717, 1.165) is 40.1 Å². The summed E-state index contributed by atoms with van der Waals surface area (Å²) < 4.78 is 5.88. The third-order valence-electron chi connectivity index (χ3n) is 6.30. The van der Waals surface area contributed by atoms with Crippen LogP contribution in [0.5, 0.6) is 5.75 Å². The summed E-state index contributed by atoms with van der Waals surface area (Å²) in [5, 5.41) is 12.3. The van der Waals surface area contributed by atoms with Crippen molar-refractivity contribution in [1.82, 2.24) is 4.90 Å². The van der Waals surface area contributed by atoms with Gasteiger partial charge >= 0.3 is 0 Å². The molecule has 31 heavy (non-hydrogen) atoms. The van der Waals surface area contributed by atoms with E-state index in [1.807, 2.05) is 60.7 Å². The number of hydrogen-bond acceptors (Lipinski definition) is 4. The SMILES string of the molecule is N#CN1CCC2(Cc3ccc(-c4ccc(OCc5ccccc5)cc4)cc3NC2=O)C1. The zero-order valence-corrected chi connectivity index (χ0v) is 17.2. The van der Waals surface area contributed by atoms with E-state index in [1.165, 1.54) is 0 Å². The van der Waals surface area contributed by atoms with Gasteiger partial charge in [0.2, 0.25) is 5.91 Å². The largest absolute Gasteiger partial charge is 0.489 e. The van der Waals surface area contributed by atoms with E-state index in [4.69, 9.17) is 4.74 Å². The number of carbonyl (C=O) groups excluding carboxylic acids is 1. The lowest BCUT2D eigenvalue weighted by atomic mass is 9.76. The molecule has 154 valence electrons. The molecule has 0 saturated carbocycles. The molecule has 0 radical (unpaired) electrons. The minimum absolute atomic E-state index is 0.0274. The zero-order valence-electron chi connectivity index (χ0n) is 17.2. The van der Waals surface area contributed by atoms with Crippen LogP contribution in [0.25, 0.3) is 11.1 Å². The number of fused-ring (bicyclic) bond motifs is 1. The summed E-state index contributed by atoms with van der Waals surface area (Å²) in [5.74, 6) is 0.851. The van der Waals surface area contributed by atoms with E-state index in [1.54, 1.807) is 4.90 Å². The molecule has 0 aromatic heterocycles. The first-order valence-electron chi connectivity index (χ1n) is 10.5. The number of likely N-dealkylation sites (tertiary alicyclic amines) is 1. The Labute approximate surface area is 181 Å². The standard InChI is InChI=1S/C26H23N3O2/c27-18-29-13-12-26(17-29)15-22-7-6-21(14-24(22)28-25(26)30)20-8-10-23(11-9-20)31-16-19-4-2-1-3-5-19/h1-11,14H,12-13,15-17H2,(H,28,30). The maximum absolute atomic E-state index is 12.9. The van der Waals surface area contributed by atoms with Crippen molar-refractivity contribution in [3.05, 3.63) is 83.9 Å². The molecule has 2 aliphatic rings. The molecular weight excluding hydrogens is 386 g/mol. The summed E-state index contributed by atoms with van der Waals surface area (Å²) in [4.78, 5) is 14.5. The third kappa shape index (κ3) is 3.73. The number of anilines is 1. The maximum Gasteiger partial charge on any atom is 0.232 e. The zero-order chi connectivity index (χ0) is 21.3. The van der Waals surface area contributed by atoms with Gasteiger partial charge in [-0.15, -0.1) is 0 Å². The second-order valence-corrected chi connectivity index (χ2v) is 8.35. The van der Waals surface area contributed by atoms with Crippen LogP contribution in [-0.4, -0.2) is 23.9 Å². The summed E-state index contributed by atoms with van der Waals surface area (Å²) in [6.07, 6.45) is 3.58. The topological polar surface area (TPSA) is 65.4 Å². The molecule has 3 aromatic carbocycles. The number of amides is 1. The summed E-state index contributed by atoms with van der Waals surface area (Å²) >= 11 is 0. The summed E-state index contributed by atoms with van der Waals surface area (Å²) in [6.45, 7) is 1.69. The lowest BCUT2D eigenvalue weighted by Gasteiger charge is -2.33. The lowest BCUT2D eigenvalue weighted by molar-refractivity contribution is -0.125. The van der Waals surface area contributed by atoms with Crippen LogP contribution in [0, 0.1) is 16.9 Å². The Kier molecular flexibility index (Phi) is 4.83. The van der Waals surface area contributed by atoms with Crippen LogP contribution in [0.15, 0.2) is 72.8 Å². The number of carbonyl (C=O) groups is 1. The highest BCUT2D eigenvalue weighted by atomic mass is 16.5. The molecule has 0 bridgehead atoms. The van der Waals surface area contributed by atoms with Crippen LogP contribution >= 0.6 is 0 Å². The first-order valence-corrected chi connectivity index (χ1v) is 10.5. The van der Waals surface area contributed by atoms with Crippen LogP contribution in [0.2, 0.25) is 0 Å². The minimum Gasteiger partial charge on any atom is -0.489 e. The highest BCUT2D eigenvalue weighted by molar-refractivity contribution is 5.99. The molecule has 5 rings (SSSR count). The van der Waals surface area contributed by atoms with Gasteiger partial charge in [0.1, 0.15) is 12.4 Å². The molecule has 1 atom stereocenters. The Bertz CT molecular complexity index is 1150. The lowest BCUT2D eigenvalue weighted by Crippen LogP contribution is -2.43. The second kappa shape index (κ2) is 7.81. The van der Waals surface area contributed by atoms with Gasteiger partial charge in [-0.05, 0) is 53.3 Å². The molecule has 5 nitrogen and oxygen atoms in total. The molecule has 2 heterocycles. The number of benzene rings is 3. The van der Waals surface area contributed by atoms with Crippen molar-refractivity contribution in [2.45, 2.75) is 19.4 Å². The van der Waals surface area contributed by atoms with Gasteiger partial charge in [0, 0.05) is 18.8 Å². The van der Waals surface area contributed by atoms with Gasteiger partial charge in [0.25, 0.3) is 0 Å². The maximum atomic E-state index is 12.9. The molecule has 3 aromatic rings. The number of nitriles is 1. The quantitative estimate of drug-likeness (QED) is 0.640. The highest BCUT2D eigenvalue weighted by Gasteiger charge is 2.47. The molecule has 1 spiro atoms. The Balaban J connectivity index is 1.31. The third-order valence-corrected chi connectivity index (χ3v) is 6.30. The summed E-state index contributed by atoms with van der Waals surface area (Å²) in [5.41, 5.74) is 4.77. The predicted molar refractivity (Wildman–Crippen MR) is 119 cm³/mol. The van der Waals surface area contributed by atoms with Gasteiger partial charge in [-0.2, -0.15) is 5.26 Å². The van der Waals surface area contributed by atoms with E-state index in [2.05, 4.69) is 23.6 Å². The predicted octanol–water partition coefficient (Wildman–Crippen LogP) is 4.60. The van der Waals surface area contributed by atoms with Crippen LogP contribution in [0.4, 0.5) is 5.69 Å². The molecule has 2 aliphatic heterocycles. The van der Waals surface area contributed by atoms with E-state index in [-0.39, 0.29) is 5.91 Å². The van der Waals surface area contributed by atoms with Gasteiger partial charge in [-0.25, -0.2) is 0 Å². The Morgan fingerprint density at radius 1 is 1.03 bits per heavy atom. The van der Waals surface area contributed by atoms with Gasteiger partial charge < -0.3 is 15.0 Å². The van der Waals surface area contributed by atoms with Crippen molar-refractivity contribution in [3.63, 3.8) is 0 Å². The summed E-state index contributed by atoms with van der Waals surface area (Å²) in [6, 6.07) is 24.3. The fraction of sp³-hybridized carbons (Fsp3) is 0.231. The molecule has 1 unspecified atom stereocenters. The van der Waals surface area contributed by atoms with E-state index < -0.39 is 5.41 Å². The van der Waals surface area contributed by atoms with E-state index in [0.29, 0.717) is 26.1 Å². The van der Waals surface area contributed by atoms with Crippen LogP contribution in [0.3, 0.4) is 0 Å². The molecule has 1 fully saturated rings. The van der Waals surface area contributed by atoms with Crippen molar-refractivity contribution in [1.29, 1.82) is 5.26 Å². The molecule has 1 saturated heterocycles. The number of rotatable bonds is 4. The first kappa shape index (κ1) is 19.2.